The predicted octanol–water partition coefficient (Wildman–Crippen LogP) is 0.962. The van der Waals surface area contributed by atoms with E-state index < -0.39 is 11.8 Å². The number of phenols is 1. The number of hydrogen-bond donors (Lipinski definition) is 3. The van der Waals surface area contributed by atoms with E-state index in [0.717, 1.165) is 0 Å². The minimum absolute atomic E-state index is 0.0706. The number of morpholine rings is 1. The van der Waals surface area contributed by atoms with Crippen molar-refractivity contribution in [2.24, 2.45) is 5.10 Å². The van der Waals surface area contributed by atoms with E-state index in [4.69, 9.17) is 9.47 Å². The Bertz CT molecular complexity index is 1000. The zero-order valence-electron chi connectivity index (χ0n) is 16.8. The second-order valence-electron chi connectivity index (χ2n) is 6.53. The summed E-state index contributed by atoms with van der Waals surface area (Å²) < 4.78 is 10.3. The second kappa shape index (κ2) is 10.2. The third kappa shape index (κ3) is 5.58. The van der Waals surface area contributed by atoms with Gasteiger partial charge in [-0.25, -0.2) is 5.43 Å². The molecule has 3 rings (SSSR count). The lowest BCUT2D eigenvalue weighted by atomic mass is 10.1. The number of hydrazone groups is 1. The first kappa shape index (κ1) is 21.8. The highest BCUT2D eigenvalue weighted by Crippen LogP contribution is 2.21. The van der Waals surface area contributed by atoms with Crippen molar-refractivity contribution < 1.29 is 29.0 Å². The average Bonchev–Trinajstić information content (AvgIpc) is 2.80. The van der Waals surface area contributed by atoms with Crippen LogP contribution in [0.5, 0.6) is 11.5 Å². The van der Waals surface area contributed by atoms with Crippen LogP contribution in [0, 0.1) is 0 Å². The van der Waals surface area contributed by atoms with Gasteiger partial charge in [-0.2, -0.15) is 5.10 Å². The Labute approximate surface area is 178 Å². The van der Waals surface area contributed by atoms with E-state index >= 15 is 0 Å². The van der Waals surface area contributed by atoms with Gasteiger partial charge in [0.05, 0.1) is 37.8 Å². The van der Waals surface area contributed by atoms with Crippen molar-refractivity contribution in [1.29, 1.82) is 0 Å². The summed E-state index contributed by atoms with van der Waals surface area (Å²) in [4.78, 5) is 38.7. The summed E-state index contributed by atoms with van der Waals surface area (Å²) >= 11 is 0. The molecule has 0 saturated carbocycles. The number of carbonyl (C=O) groups is 3. The van der Waals surface area contributed by atoms with Crippen molar-refractivity contribution in [3.8, 4) is 11.5 Å². The maximum absolute atomic E-state index is 12.7. The number of nitrogens with one attached hydrogen (secondary N) is 2. The SMILES string of the molecule is COc1ccc(O)c(/C=N\NC(=O)C(=O)Nc2ccccc2C(=O)N2CCOCC2)c1. The lowest BCUT2D eigenvalue weighted by Gasteiger charge is -2.27. The maximum Gasteiger partial charge on any atom is 0.329 e. The zero-order chi connectivity index (χ0) is 22.2. The molecule has 1 fully saturated rings. The third-order valence-electron chi connectivity index (χ3n) is 4.51. The average molecular weight is 426 g/mol. The molecule has 0 aromatic heterocycles. The fraction of sp³-hybridized carbons (Fsp3) is 0.238. The normalized spacial score (nSPS) is 13.6. The number of methoxy groups -OCH3 is 1. The first-order valence-electron chi connectivity index (χ1n) is 9.47. The second-order valence-corrected chi connectivity index (χ2v) is 6.53. The molecule has 1 saturated heterocycles. The zero-order valence-corrected chi connectivity index (χ0v) is 16.8. The number of amides is 3. The van der Waals surface area contributed by atoms with Gasteiger partial charge >= 0.3 is 11.8 Å². The number of para-hydroxylation sites is 1. The van der Waals surface area contributed by atoms with Crippen LogP contribution in [0.2, 0.25) is 0 Å². The fourth-order valence-electron chi connectivity index (χ4n) is 2.87. The summed E-state index contributed by atoms with van der Waals surface area (Å²) in [5, 5.41) is 15.9. The Morgan fingerprint density at radius 1 is 1.13 bits per heavy atom. The number of hydrogen-bond acceptors (Lipinski definition) is 7. The van der Waals surface area contributed by atoms with Crippen LogP contribution < -0.4 is 15.5 Å². The van der Waals surface area contributed by atoms with E-state index in [-0.39, 0.29) is 22.9 Å². The van der Waals surface area contributed by atoms with Crippen LogP contribution in [0.1, 0.15) is 15.9 Å². The molecule has 0 spiro atoms. The molecule has 1 aliphatic rings. The molecular weight excluding hydrogens is 404 g/mol. The van der Waals surface area contributed by atoms with Crippen LogP contribution in [0.3, 0.4) is 0 Å². The molecule has 162 valence electrons. The van der Waals surface area contributed by atoms with Crippen molar-refractivity contribution in [2.45, 2.75) is 0 Å². The summed E-state index contributed by atoms with van der Waals surface area (Å²) in [6.45, 7) is 1.80. The third-order valence-corrected chi connectivity index (χ3v) is 4.51. The Kier molecular flexibility index (Phi) is 7.17. The monoisotopic (exact) mass is 426 g/mol. The van der Waals surface area contributed by atoms with E-state index in [9.17, 15) is 19.5 Å². The topological polar surface area (TPSA) is 130 Å². The Balaban J connectivity index is 1.64. The van der Waals surface area contributed by atoms with Crippen molar-refractivity contribution in [2.75, 3.05) is 38.7 Å². The molecule has 31 heavy (non-hydrogen) atoms. The molecule has 1 aliphatic heterocycles. The molecule has 0 bridgehead atoms. The predicted molar refractivity (Wildman–Crippen MR) is 112 cm³/mol. The first-order valence-corrected chi connectivity index (χ1v) is 9.47. The molecule has 0 atom stereocenters. The maximum atomic E-state index is 12.7. The number of aromatic hydroxyl groups is 1. The van der Waals surface area contributed by atoms with Crippen molar-refractivity contribution in [3.05, 3.63) is 53.6 Å². The number of benzene rings is 2. The summed E-state index contributed by atoms with van der Waals surface area (Å²) in [5.41, 5.74) is 2.87. The van der Waals surface area contributed by atoms with Crippen LogP contribution in [0.25, 0.3) is 0 Å². The molecule has 10 nitrogen and oxygen atoms in total. The molecule has 3 N–H and O–H groups in total. The number of phenolic OH excluding ortho intramolecular Hbond substituents is 1. The number of nitrogens with zero attached hydrogens (tertiary/aromatic N) is 2. The highest BCUT2D eigenvalue weighted by molar-refractivity contribution is 6.40. The Hall–Kier alpha value is -3.92. The smallest absolute Gasteiger partial charge is 0.329 e. The van der Waals surface area contributed by atoms with E-state index in [2.05, 4.69) is 15.8 Å². The minimum atomic E-state index is -1.03. The van der Waals surface area contributed by atoms with E-state index in [1.54, 1.807) is 29.2 Å². The molecule has 2 aromatic carbocycles. The fourth-order valence-corrected chi connectivity index (χ4v) is 2.87. The van der Waals surface area contributed by atoms with Gasteiger partial charge in [-0.3, -0.25) is 14.4 Å². The van der Waals surface area contributed by atoms with Gasteiger partial charge < -0.3 is 24.8 Å². The van der Waals surface area contributed by atoms with Gasteiger partial charge in [0.1, 0.15) is 11.5 Å². The molecule has 0 unspecified atom stereocenters. The number of ether oxygens (including phenoxy) is 2. The van der Waals surface area contributed by atoms with Crippen LogP contribution in [-0.4, -0.2) is 67.4 Å². The van der Waals surface area contributed by atoms with Crippen LogP contribution in [0.4, 0.5) is 5.69 Å². The quantitative estimate of drug-likeness (QED) is 0.371. The van der Waals surface area contributed by atoms with Gasteiger partial charge in [-0.15, -0.1) is 0 Å². The molecule has 0 radical (unpaired) electrons. The Morgan fingerprint density at radius 3 is 2.61 bits per heavy atom. The number of carbonyl (C=O) groups excluding carboxylic acids is 3. The van der Waals surface area contributed by atoms with Crippen molar-refractivity contribution >= 4 is 29.6 Å². The van der Waals surface area contributed by atoms with Gasteiger partial charge in [0, 0.05) is 18.7 Å². The van der Waals surface area contributed by atoms with Gasteiger partial charge in [0.25, 0.3) is 5.91 Å². The van der Waals surface area contributed by atoms with E-state index in [1.807, 2.05) is 0 Å². The van der Waals surface area contributed by atoms with Gasteiger partial charge in [0.2, 0.25) is 0 Å². The first-order chi connectivity index (χ1) is 15.0. The standard InChI is InChI=1S/C21H22N4O6/c1-30-15-6-7-18(26)14(12-15)13-22-24-20(28)19(27)23-17-5-3-2-4-16(17)21(29)25-8-10-31-11-9-25/h2-7,12-13,26H,8-11H2,1H3,(H,23,27)(H,24,28)/b22-13-. The Morgan fingerprint density at radius 2 is 1.87 bits per heavy atom. The van der Waals surface area contributed by atoms with Gasteiger partial charge in [-0.05, 0) is 30.3 Å². The molecule has 0 aliphatic carbocycles. The van der Waals surface area contributed by atoms with Crippen LogP contribution in [-0.2, 0) is 14.3 Å². The van der Waals surface area contributed by atoms with Crippen LogP contribution >= 0.6 is 0 Å². The van der Waals surface area contributed by atoms with Crippen LogP contribution in [0.15, 0.2) is 47.6 Å². The molecule has 1 heterocycles. The van der Waals surface area contributed by atoms with E-state index in [0.29, 0.717) is 37.6 Å². The van der Waals surface area contributed by atoms with Crippen molar-refractivity contribution in [1.82, 2.24) is 10.3 Å². The molecule has 3 amide bonds. The number of rotatable bonds is 5. The summed E-state index contributed by atoms with van der Waals surface area (Å²) in [6.07, 6.45) is 1.18. The lowest BCUT2D eigenvalue weighted by molar-refractivity contribution is -0.136. The largest absolute Gasteiger partial charge is 0.507 e. The van der Waals surface area contributed by atoms with Gasteiger partial charge in [-0.1, -0.05) is 12.1 Å². The van der Waals surface area contributed by atoms with Gasteiger partial charge in [0.15, 0.2) is 0 Å². The van der Waals surface area contributed by atoms with Crippen molar-refractivity contribution in [3.63, 3.8) is 0 Å². The number of anilines is 1. The molecule has 2 aromatic rings. The van der Waals surface area contributed by atoms with E-state index in [1.165, 1.54) is 31.5 Å². The molecule has 10 heteroatoms. The highest BCUT2D eigenvalue weighted by Gasteiger charge is 2.22. The summed E-state index contributed by atoms with van der Waals surface area (Å²) in [7, 11) is 1.47. The molecular formula is C21H22N4O6. The summed E-state index contributed by atoms with van der Waals surface area (Å²) in [6, 6.07) is 10.9. The summed E-state index contributed by atoms with van der Waals surface area (Å²) in [5.74, 6) is -1.86. The lowest BCUT2D eigenvalue weighted by Crippen LogP contribution is -2.41. The highest BCUT2D eigenvalue weighted by atomic mass is 16.5. The minimum Gasteiger partial charge on any atom is -0.507 e.